The third kappa shape index (κ3) is 4.67. The summed E-state index contributed by atoms with van der Waals surface area (Å²) in [4.78, 5) is 12.9. The first kappa shape index (κ1) is 18.1. The molecule has 0 aliphatic carbocycles. The molecule has 26 heavy (non-hydrogen) atoms. The van der Waals surface area contributed by atoms with Crippen LogP contribution in [0.5, 0.6) is 0 Å². The Kier molecular flexibility index (Phi) is 5.63. The van der Waals surface area contributed by atoms with Gasteiger partial charge < -0.3 is 0 Å². The van der Waals surface area contributed by atoms with Crippen LogP contribution in [0.3, 0.4) is 0 Å². The van der Waals surface area contributed by atoms with Crippen LogP contribution in [-0.2, 0) is 6.54 Å². The Morgan fingerprint density at radius 1 is 1.12 bits per heavy atom. The van der Waals surface area contributed by atoms with E-state index in [1.807, 2.05) is 11.1 Å². The Hall–Kier alpha value is -2.73. The lowest BCUT2D eigenvalue weighted by Gasteiger charge is -2.33. The highest BCUT2D eigenvalue weighted by Gasteiger charge is 2.16. The number of aryl methyl sites for hydroxylation is 2. The Bertz CT molecular complexity index is 811. The summed E-state index contributed by atoms with van der Waals surface area (Å²) < 4.78 is 0. The van der Waals surface area contributed by atoms with E-state index >= 15 is 0 Å². The van der Waals surface area contributed by atoms with Crippen molar-refractivity contribution in [3.63, 3.8) is 0 Å². The molecule has 2 aromatic rings. The minimum atomic E-state index is -0.386. The number of nitrogens with zero attached hydrogens (tertiary/aromatic N) is 4. The topological polar surface area (TPSA) is 62.0 Å². The molecule has 3 rings (SSSR count). The number of hydrogen-bond acceptors (Lipinski definition) is 5. The highest BCUT2D eigenvalue weighted by molar-refractivity contribution is 5.80. The summed E-state index contributed by atoms with van der Waals surface area (Å²) in [7, 11) is 0. The second-order valence-electron chi connectivity index (χ2n) is 6.76. The van der Waals surface area contributed by atoms with Crippen molar-refractivity contribution in [1.82, 2.24) is 9.91 Å². The van der Waals surface area contributed by atoms with Crippen LogP contribution in [0.1, 0.15) is 22.3 Å². The zero-order valence-corrected chi connectivity index (χ0v) is 15.3. The average Bonchev–Trinajstić information content (AvgIpc) is 2.63. The van der Waals surface area contributed by atoms with Crippen molar-refractivity contribution in [2.45, 2.75) is 20.4 Å². The molecule has 0 unspecified atom stereocenters. The normalized spacial score (nSPS) is 15.5. The minimum Gasteiger partial charge on any atom is -0.295 e. The highest BCUT2D eigenvalue weighted by atomic mass is 16.6. The summed E-state index contributed by atoms with van der Waals surface area (Å²) in [6.45, 7) is 8.89. The largest absolute Gasteiger partial charge is 0.295 e. The van der Waals surface area contributed by atoms with Gasteiger partial charge in [-0.25, -0.2) is 0 Å². The van der Waals surface area contributed by atoms with Crippen LogP contribution >= 0.6 is 0 Å². The molecule has 0 aromatic heterocycles. The average molecular weight is 352 g/mol. The second-order valence-corrected chi connectivity index (χ2v) is 6.76. The number of nitro groups is 1. The molecule has 1 saturated heterocycles. The molecular weight excluding hydrogens is 328 g/mol. The third-order valence-corrected chi connectivity index (χ3v) is 4.69. The van der Waals surface area contributed by atoms with E-state index in [0.29, 0.717) is 0 Å². The standard InChI is InChI=1S/C20H24N4O2/c1-16-6-7-19(17(2)12-16)15-22-8-10-23(11-9-22)21-14-18-4-3-5-20(13-18)24(25)26/h3-7,12-14H,8-11,15H2,1-2H3/b21-14-. The molecule has 0 N–H and O–H groups in total. The number of piperazine rings is 1. The van der Waals surface area contributed by atoms with Gasteiger partial charge >= 0.3 is 0 Å². The van der Waals surface area contributed by atoms with Crippen LogP contribution in [0.2, 0.25) is 0 Å². The molecule has 6 nitrogen and oxygen atoms in total. The molecule has 1 aliphatic heterocycles. The molecule has 1 aliphatic rings. The Labute approximate surface area is 153 Å². The summed E-state index contributed by atoms with van der Waals surface area (Å²) in [6.07, 6.45) is 1.70. The van der Waals surface area contributed by atoms with Gasteiger partial charge in [0.15, 0.2) is 0 Å². The zero-order chi connectivity index (χ0) is 18.5. The molecule has 2 aromatic carbocycles. The van der Waals surface area contributed by atoms with Crippen molar-refractivity contribution in [3.8, 4) is 0 Å². The minimum absolute atomic E-state index is 0.0900. The number of non-ortho nitro benzene ring substituents is 1. The first-order chi connectivity index (χ1) is 12.5. The number of hydrazone groups is 1. The van der Waals surface area contributed by atoms with E-state index in [4.69, 9.17) is 0 Å². The van der Waals surface area contributed by atoms with E-state index in [-0.39, 0.29) is 10.6 Å². The molecule has 136 valence electrons. The quantitative estimate of drug-likeness (QED) is 0.470. The second kappa shape index (κ2) is 8.10. The summed E-state index contributed by atoms with van der Waals surface area (Å²) in [5, 5.41) is 17.3. The van der Waals surface area contributed by atoms with Crippen molar-refractivity contribution in [2.75, 3.05) is 26.2 Å². The fourth-order valence-electron chi connectivity index (χ4n) is 3.14. The molecule has 0 saturated carbocycles. The van der Waals surface area contributed by atoms with Crippen LogP contribution in [-0.4, -0.2) is 47.2 Å². The number of hydrogen-bond donors (Lipinski definition) is 0. The van der Waals surface area contributed by atoms with Gasteiger partial charge in [-0.05, 0) is 25.0 Å². The summed E-state index contributed by atoms with van der Waals surface area (Å²) in [6, 6.07) is 13.2. The van der Waals surface area contributed by atoms with Gasteiger partial charge in [0.05, 0.1) is 11.1 Å². The van der Waals surface area contributed by atoms with Gasteiger partial charge in [-0.15, -0.1) is 0 Å². The van der Waals surface area contributed by atoms with Crippen LogP contribution in [0.15, 0.2) is 47.6 Å². The molecule has 0 amide bonds. The van der Waals surface area contributed by atoms with Crippen molar-refractivity contribution >= 4 is 11.9 Å². The van der Waals surface area contributed by atoms with Crippen LogP contribution in [0.25, 0.3) is 0 Å². The van der Waals surface area contributed by atoms with Gasteiger partial charge in [0.1, 0.15) is 0 Å². The molecular formula is C20H24N4O2. The highest BCUT2D eigenvalue weighted by Crippen LogP contribution is 2.15. The van der Waals surface area contributed by atoms with E-state index in [1.165, 1.54) is 22.8 Å². The smallest absolute Gasteiger partial charge is 0.270 e. The molecule has 1 fully saturated rings. The molecule has 6 heteroatoms. The fraction of sp³-hybridized carbons (Fsp3) is 0.350. The summed E-state index contributed by atoms with van der Waals surface area (Å²) in [5.74, 6) is 0. The van der Waals surface area contributed by atoms with E-state index in [2.05, 4.69) is 42.0 Å². The maximum atomic E-state index is 10.8. The fourth-order valence-corrected chi connectivity index (χ4v) is 3.14. The maximum absolute atomic E-state index is 10.8. The zero-order valence-electron chi connectivity index (χ0n) is 15.3. The van der Waals surface area contributed by atoms with Crippen molar-refractivity contribution in [3.05, 3.63) is 74.8 Å². The van der Waals surface area contributed by atoms with Crippen molar-refractivity contribution in [2.24, 2.45) is 5.10 Å². The third-order valence-electron chi connectivity index (χ3n) is 4.69. The predicted octanol–water partition coefficient (Wildman–Crippen LogP) is 3.36. The Morgan fingerprint density at radius 2 is 1.88 bits per heavy atom. The maximum Gasteiger partial charge on any atom is 0.270 e. The summed E-state index contributed by atoms with van der Waals surface area (Å²) >= 11 is 0. The van der Waals surface area contributed by atoms with Crippen LogP contribution in [0.4, 0.5) is 5.69 Å². The lowest BCUT2D eigenvalue weighted by atomic mass is 10.1. The van der Waals surface area contributed by atoms with Gasteiger partial charge in [-0.2, -0.15) is 5.10 Å². The molecule has 1 heterocycles. The van der Waals surface area contributed by atoms with E-state index in [1.54, 1.807) is 18.3 Å². The van der Waals surface area contributed by atoms with E-state index < -0.39 is 0 Å². The lowest BCUT2D eigenvalue weighted by Crippen LogP contribution is -2.43. The van der Waals surface area contributed by atoms with Crippen LogP contribution < -0.4 is 0 Å². The van der Waals surface area contributed by atoms with Gasteiger partial charge in [0.2, 0.25) is 0 Å². The van der Waals surface area contributed by atoms with Crippen molar-refractivity contribution in [1.29, 1.82) is 0 Å². The first-order valence-corrected chi connectivity index (χ1v) is 8.83. The Balaban J connectivity index is 1.53. The molecule has 0 bridgehead atoms. The lowest BCUT2D eigenvalue weighted by molar-refractivity contribution is -0.384. The van der Waals surface area contributed by atoms with E-state index in [0.717, 1.165) is 38.3 Å². The van der Waals surface area contributed by atoms with E-state index in [9.17, 15) is 10.1 Å². The van der Waals surface area contributed by atoms with Gasteiger partial charge in [-0.3, -0.25) is 20.0 Å². The number of nitro benzene ring substituents is 1. The van der Waals surface area contributed by atoms with Crippen molar-refractivity contribution < 1.29 is 4.92 Å². The molecule has 0 radical (unpaired) electrons. The van der Waals surface area contributed by atoms with Gasteiger partial charge in [0, 0.05) is 50.4 Å². The number of benzene rings is 2. The van der Waals surface area contributed by atoms with Gasteiger partial charge in [-0.1, -0.05) is 35.9 Å². The van der Waals surface area contributed by atoms with Crippen LogP contribution in [0, 0.1) is 24.0 Å². The molecule has 0 spiro atoms. The number of rotatable bonds is 5. The molecule has 0 atom stereocenters. The SMILES string of the molecule is Cc1ccc(CN2CCN(/N=C\c3cccc([N+](=O)[O-])c3)CC2)c(C)c1. The monoisotopic (exact) mass is 352 g/mol. The first-order valence-electron chi connectivity index (χ1n) is 8.83. The summed E-state index contributed by atoms with van der Waals surface area (Å²) in [5.41, 5.74) is 4.86. The van der Waals surface area contributed by atoms with Gasteiger partial charge in [0.25, 0.3) is 5.69 Å². The predicted molar refractivity (Wildman–Crippen MR) is 103 cm³/mol. The Morgan fingerprint density at radius 3 is 2.58 bits per heavy atom.